The summed E-state index contributed by atoms with van der Waals surface area (Å²) in [6, 6.07) is 4.86. The summed E-state index contributed by atoms with van der Waals surface area (Å²) in [7, 11) is 1.49. The van der Waals surface area contributed by atoms with Crippen molar-refractivity contribution >= 4 is 28.5 Å². The monoisotopic (exact) mass is 312 g/mol. The lowest BCUT2D eigenvalue weighted by Crippen LogP contribution is -2.29. The molecule has 7 nitrogen and oxygen atoms in total. The van der Waals surface area contributed by atoms with Crippen LogP contribution in [0.5, 0.6) is 17.4 Å². The van der Waals surface area contributed by atoms with E-state index in [2.05, 4.69) is 10.3 Å². The zero-order valence-electron chi connectivity index (χ0n) is 11.1. The van der Waals surface area contributed by atoms with Crippen molar-refractivity contribution in [2.75, 3.05) is 20.3 Å². The van der Waals surface area contributed by atoms with Gasteiger partial charge >= 0.3 is 6.09 Å². The first kappa shape index (κ1) is 15.1. The predicted molar refractivity (Wildman–Crippen MR) is 76.1 cm³/mol. The summed E-state index contributed by atoms with van der Waals surface area (Å²) in [6.07, 6.45) is -0.856. The third-order valence-corrected chi connectivity index (χ3v) is 2.97. The van der Waals surface area contributed by atoms with Gasteiger partial charge in [-0.1, -0.05) is 11.6 Å². The molecule has 21 heavy (non-hydrogen) atoms. The molecule has 1 amide bonds. The van der Waals surface area contributed by atoms with E-state index in [1.54, 1.807) is 18.2 Å². The van der Waals surface area contributed by atoms with Crippen molar-refractivity contribution in [2.24, 2.45) is 0 Å². The van der Waals surface area contributed by atoms with E-state index >= 15 is 0 Å². The Morgan fingerprint density at radius 3 is 2.86 bits per heavy atom. The Hall–Kier alpha value is -2.25. The largest absolute Gasteiger partial charge is 0.503 e. The average Bonchev–Trinajstić information content (AvgIpc) is 2.49. The van der Waals surface area contributed by atoms with Gasteiger partial charge in [0.15, 0.2) is 5.75 Å². The number of aliphatic hydroxyl groups excluding tert-OH is 1. The van der Waals surface area contributed by atoms with Crippen molar-refractivity contribution in [3.8, 4) is 17.4 Å². The highest BCUT2D eigenvalue weighted by molar-refractivity contribution is 6.34. The van der Waals surface area contributed by atoms with Crippen molar-refractivity contribution < 1.29 is 24.5 Å². The number of hydrogen-bond donors (Lipinski definition) is 3. The number of amides is 1. The lowest BCUT2D eigenvalue weighted by atomic mass is 10.1. The van der Waals surface area contributed by atoms with Crippen LogP contribution in [0.25, 0.3) is 10.8 Å². The molecule has 0 aliphatic rings. The molecule has 8 heteroatoms. The molecule has 2 aromatic rings. The molecule has 0 bridgehead atoms. The number of hydrogen-bond acceptors (Lipinski definition) is 6. The zero-order chi connectivity index (χ0) is 15.4. The number of halogens is 1. The topological polar surface area (TPSA) is 101 Å². The maximum absolute atomic E-state index is 11.4. The molecular formula is C13H13ClN2O5. The van der Waals surface area contributed by atoms with Crippen LogP contribution in [-0.2, 0) is 0 Å². The van der Waals surface area contributed by atoms with Gasteiger partial charge in [-0.2, -0.15) is 4.98 Å². The quantitative estimate of drug-likeness (QED) is 0.743. The van der Waals surface area contributed by atoms with Gasteiger partial charge in [-0.15, -0.1) is 0 Å². The third-order valence-electron chi connectivity index (χ3n) is 2.68. The van der Waals surface area contributed by atoms with Crippen LogP contribution in [0.2, 0.25) is 5.15 Å². The summed E-state index contributed by atoms with van der Waals surface area (Å²) < 4.78 is 9.93. The number of nitrogens with one attached hydrogen (secondary N) is 1. The lowest BCUT2D eigenvalue weighted by molar-refractivity contribution is 0.192. The summed E-state index contributed by atoms with van der Waals surface area (Å²) in [4.78, 5) is 15.3. The molecule has 0 spiro atoms. The number of benzene rings is 1. The van der Waals surface area contributed by atoms with E-state index in [0.717, 1.165) is 0 Å². The Bertz CT molecular complexity index is 677. The first-order valence-corrected chi connectivity index (χ1v) is 6.37. The molecule has 3 N–H and O–H groups in total. The van der Waals surface area contributed by atoms with E-state index in [-0.39, 0.29) is 29.9 Å². The highest BCUT2D eigenvalue weighted by atomic mass is 35.5. The van der Waals surface area contributed by atoms with E-state index in [1.807, 2.05) is 0 Å². The van der Waals surface area contributed by atoms with Crippen molar-refractivity contribution in [1.29, 1.82) is 0 Å². The second-order valence-electron chi connectivity index (χ2n) is 4.01. The van der Waals surface area contributed by atoms with Gasteiger partial charge < -0.3 is 25.0 Å². The molecule has 0 fully saturated rings. The lowest BCUT2D eigenvalue weighted by Gasteiger charge is -2.10. The Labute approximate surface area is 125 Å². The molecule has 1 heterocycles. The van der Waals surface area contributed by atoms with Crippen LogP contribution in [0.4, 0.5) is 4.79 Å². The fraction of sp³-hybridized carbons (Fsp3) is 0.231. The van der Waals surface area contributed by atoms with Crippen LogP contribution in [0.15, 0.2) is 18.2 Å². The standard InChI is InChI=1S/C13H13ClN2O5/c1-20-7-2-3-8-9(6-7)10(18)12(16-11(8)14)21-13(19)15-4-5-17/h2-3,6,17-18H,4-5H2,1H3,(H,15,19). The number of aromatic nitrogens is 1. The van der Waals surface area contributed by atoms with Gasteiger partial charge in [-0.3, -0.25) is 0 Å². The van der Waals surface area contributed by atoms with Crippen LogP contribution in [0.1, 0.15) is 0 Å². The Morgan fingerprint density at radius 2 is 2.19 bits per heavy atom. The van der Waals surface area contributed by atoms with Crippen LogP contribution in [-0.4, -0.2) is 41.6 Å². The number of aliphatic hydroxyl groups is 1. The van der Waals surface area contributed by atoms with Crippen molar-refractivity contribution in [3.05, 3.63) is 23.4 Å². The fourth-order valence-electron chi connectivity index (χ4n) is 1.70. The minimum absolute atomic E-state index is 0.0226. The van der Waals surface area contributed by atoms with E-state index in [9.17, 15) is 9.90 Å². The molecule has 0 aliphatic carbocycles. The predicted octanol–water partition coefficient (Wildman–Crippen LogP) is 1.68. The van der Waals surface area contributed by atoms with Crippen molar-refractivity contribution in [1.82, 2.24) is 10.3 Å². The Kier molecular flexibility index (Phi) is 4.66. The maximum atomic E-state index is 11.4. The number of nitrogens with zero attached hydrogens (tertiary/aromatic N) is 1. The van der Waals surface area contributed by atoms with Crippen LogP contribution >= 0.6 is 11.6 Å². The smallest absolute Gasteiger partial charge is 0.414 e. The molecule has 0 saturated heterocycles. The number of rotatable bonds is 4. The summed E-state index contributed by atoms with van der Waals surface area (Å²) in [5, 5.41) is 21.9. The number of ether oxygens (including phenoxy) is 2. The number of fused-ring (bicyclic) bond motifs is 1. The number of methoxy groups -OCH3 is 1. The second-order valence-corrected chi connectivity index (χ2v) is 4.37. The van der Waals surface area contributed by atoms with E-state index in [0.29, 0.717) is 16.5 Å². The van der Waals surface area contributed by atoms with Crippen LogP contribution < -0.4 is 14.8 Å². The minimum Gasteiger partial charge on any atom is -0.503 e. The number of aromatic hydroxyl groups is 1. The van der Waals surface area contributed by atoms with Crippen LogP contribution in [0, 0.1) is 0 Å². The van der Waals surface area contributed by atoms with Gasteiger partial charge in [0.25, 0.3) is 5.88 Å². The van der Waals surface area contributed by atoms with Gasteiger partial charge in [-0.25, -0.2) is 4.79 Å². The molecule has 0 saturated carbocycles. The molecule has 112 valence electrons. The first-order chi connectivity index (χ1) is 10.1. The summed E-state index contributed by atoms with van der Waals surface area (Å²) in [5.74, 6) is -0.139. The van der Waals surface area contributed by atoms with Gasteiger partial charge in [0.2, 0.25) is 0 Å². The molecule has 0 unspecified atom stereocenters. The highest BCUT2D eigenvalue weighted by Crippen LogP contribution is 2.38. The molecule has 0 aliphatic heterocycles. The Balaban J connectivity index is 2.41. The van der Waals surface area contributed by atoms with Gasteiger partial charge in [0, 0.05) is 17.3 Å². The van der Waals surface area contributed by atoms with Crippen molar-refractivity contribution in [2.45, 2.75) is 0 Å². The normalized spacial score (nSPS) is 10.4. The maximum Gasteiger partial charge on any atom is 0.414 e. The summed E-state index contributed by atoms with van der Waals surface area (Å²) >= 11 is 6.00. The van der Waals surface area contributed by atoms with Gasteiger partial charge in [0.05, 0.1) is 13.7 Å². The van der Waals surface area contributed by atoms with Gasteiger partial charge in [-0.05, 0) is 18.2 Å². The summed E-state index contributed by atoms with van der Waals surface area (Å²) in [5.41, 5.74) is 0. The van der Waals surface area contributed by atoms with Crippen LogP contribution in [0.3, 0.4) is 0 Å². The Morgan fingerprint density at radius 1 is 1.43 bits per heavy atom. The molecule has 0 atom stereocenters. The van der Waals surface area contributed by atoms with Gasteiger partial charge in [0.1, 0.15) is 10.9 Å². The molecular weight excluding hydrogens is 300 g/mol. The minimum atomic E-state index is -0.856. The zero-order valence-corrected chi connectivity index (χ0v) is 11.8. The van der Waals surface area contributed by atoms with E-state index in [1.165, 1.54) is 7.11 Å². The van der Waals surface area contributed by atoms with Crippen molar-refractivity contribution in [3.63, 3.8) is 0 Å². The number of carbonyl (C=O) groups is 1. The summed E-state index contributed by atoms with van der Waals surface area (Å²) in [6.45, 7) is -0.209. The number of carbonyl (C=O) groups excluding carboxylic acids is 1. The van der Waals surface area contributed by atoms with E-state index in [4.69, 9.17) is 26.2 Å². The highest BCUT2D eigenvalue weighted by Gasteiger charge is 2.17. The molecule has 2 rings (SSSR count). The SMILES string of the molecule is COc1ccc2c(Cl)nc(OC(=O)NCCO)c(O)c2c1. The third kappa shape index (κ3) is 3.26. The fourth-order valence-corrected chi connectivity index (χ4v) is 1.94. The molecule has 1 aromatic carbocycles. The number of pyridine rings is 1. The second kappa shape index (κ2) is 6.47. The van der Waals surface area contributed by atoms with E-state index < -0.39 is 6.09 Å². The molecule has 1 aromatic heterocycles. The molecule has 0 radical (unpaired) electrons. The average molecular weight is 313 g/mol. The first-order valence-electron chi connectivity index (χ1n) is 5.99.